The lowest BCUT2D eigenvalue weighted by Crippen LogP contribution is -2.50. The van der Waals surface area contributed by atoms with Gasteiger partial charge in [0.1, 0.15) is 11.9 Å². The number of hydrogen-bond acceptors (Lipinski definition) is 8. The first kappa shape index (κ1) is 27.1. The number of hydrogen-bond donors (Lipinski definition) is 3. The number of carbonyl (C=O) groups excluding carboxylic acids is 2. The molecule has 0 saturated carbocycles. The average Bonchev–Trinajstić information content (AvgIpc) is 3.17. The van der Waals surface area contributed by atoms with Crippen molar-refractivity contribution in [3.05, 3.63) is 52.6 Å². The van der Waals surface area contributed by atoms with Crippen molar-refractivity contribution in [3.8, 4) is 5.75 Å². The molecular formula is C27H36O8. The van der Waals surface area contributed by atoms with Crippen molar-refractivity contribution >= 4 is 11.8 Å². The summed E-state index contributed by atoms with van der Waals surface area (Å²) in [5.41, 5.74) is 2.86. The fourth-order valence-corrected chi connectivity index (χ4v) is 4.39. The Bertz CT molecular complexity index is 979. The number of rotatable bonds is 9. The molecule has 6 atom stereocenters. The third kappa shape index (κ3) is 6.58. The van der Waals surface area contributed by atoms with E-state index >= 15 is 0 Å². The third-order valence-corrected chi connectivity index (χ3v) is 6.95. The molecule has 0 radical (unpaired) electrons. The molecule has 2 aliphatic rings. The van der Waals surface area contributed by atoms with E-state index in [1.54, 1.807) is 25.1 Å². The van der Waals surface area contributed by atoms with Gasteiger partial charge in [-0.1, -0.05) is 24.6 Å². The fraction of sp³-hybridized carbons (Fsp3) is 0.556. The molecule has 1 aliphatic heterocycles. The van der Waals surface area contributed by atoms with Gasteiger partial charge in [0.25, 0.3) is 0 Å². The molecular weight excluding hydrogens is 452 g/mol. The summed E-state index contributed by atoms with van der Waals surface area (Å²) in [4.78, 5) is 24.3. The van der Waals surface area contributed by atoms with Crippen LogP contribution in [0.15, 0.2) is 41.5 Å². The smallest absolute Gasteiger partial charge is 0.343 e. The van der Waals surface area contributed by atoms with E-state index < -0.39 is 30.4 Å². The van der Waals surface area contributed by atoms with E-state index in [0.29, 0.717) is 42.8 Å². The number of ether oxygens (including phenoxy) is 3. The minimum absolute atomic E-state index is 0.00663. The zero-order chi connectivity index (χ0) is 25.7. The second-order valence-corrected chi connectivity index (χ2v) is 9.53. The van der Waals surface area contributed by atoms with Crippen LogP contribution in [0.2, 0.25) is 0 Å². The van der Waals surface area contributed by atoms with Gasteiger partial charge in [-0.15, -0.1) is 0 Å². The van der Waals surface area contributed by atoms with Crippen LogP contribution in [0.3, 0.4) is 0 Å². The number of esters is 1. The van der Waals surface area contributed by atoms with Crippen molar-refractivity contribution < 1.29 is 39.1 Å². The van der Waals surface area contributed by atoms with Crippen LogP contribution in [0, 0.1) is 11.8 Å². The molecule has 8 nitrogen and oxygen atoms in total. The lowest BCUT2D eigenvalue weighted by atomic mass is 9.86. The number of aliphatic hydroxyl groups excluding tert-OH is 3. The van der Waals surface area contributed by atoms with Crippen molar-refractivity contribution in [2.75, 3.05) is 20.3 Å². The van der Waals surface area contributed by atoms with Crippen molar-refractivity contribution in [3.63, 3.8) is 0 Å². The molecule has 1 heterocycles. The normalized spacial score (nSPS) is 27.5. The molecule has 0 amide bonds. The Morgan fingerprint density at radius 3 is 2.69 bits per heavy atom. The first-order valence-electron chi connectivity index (χ1n) is 12.0. The maximum Gasteiger partial charge on any atom is 0.343 e. The van der Waals surface area contributed by atoms with Crippen molar-refractivity contribution in [1.29, 1.82) is 0 Å². The van der Waals surface area contributed by atoms with Crippen LogP contribution in [-0.4, -0.2) is 71.8 Å². The summed E-state index contributed by atoms with van der Waals surface area (Å²) >= 11 is 0. The summed E-state index contributed by atoms with van der Waals surface area (Å²) in [6, 6.07) is 5.10. The molecule has 192 valence electrons. The molecule has 3 rings (SSSR count). The number of methoxy groups -OCH3 is 1. The molecule has 35 heavy (non-hydrogen) atoms. The van der Waals surface area contributed by atoms with Gasteiger partial charge in [-0.25, -0.2) is 4.79 Å². The molecule has 3 N–H and O–H groups in total. The Morgan fingerprint density at radius 1 is 1.26 bits per heavy atom. The van der Waals surface area contributed by atoms with Gasteiger partial charge < -0.3 is 29.5 Å². The van der Waals surface area contributed by atoms with Crippen LogP contribution >= 0.6 is 0 Å². The Balaban J connectivity index is 1.61. The highest BCUT2D eigenvalue weighted by molar-refractivity contribution is 6.13. The summed E-state index contributed by atoms with van der Waals surface area (Å²) in [5.74, 6) is -0.311. The van der Waals surface area contributed by atoms with Crippen LogP contribution in [0.25, 0.3) is 0 Å². The number of carbonyl (C=O) groups is 2. The van der Waals surface area contributed by atoms with Gasteiger partial charge in [-0.3, -0.25) is 4.79 Å². The van der Waals surface area contributed by atoms with Gasteiger partial charge in [0.05, 0.1) is 32.0 Å². The van der Waals surface area contributed by atoms with Crippen LogP contribution in [0.5, 0.6) is 5.75 Å². The Kier molecular flexibility index (Phi) is 9.24. The van der Waals surface area contributed by atoms with E-state index in [1.807, 2.05) is 26.0 Å². The summed E-state index contributed by atoms with van der Waals surface area (Å²) in [6.07, 6.45) is 2.05. The van der Waals surface area contributed by atoms with E-state index in [1.165, 1.54) is 7.11 Å². The maximum absolute atomic E-state index is 13.0. The first-order valence-corrected chi connectivity index (χ1v) is 12.0. The SMILES string of the molecule is COC(=O)COc1ccc2c(c1)C/C(=C(/C)C[C@@H]1OCC(C/C=C/[C@@H](C)[C@H](C)O)[C@@H](O)[C@H]1O)C2=O. The number of fused-ring (bicyclic) bond motifs is 1. The van der Waals surface area contributed by atoms with Crippen molar-refractivity contribution in [2.45, 2.75) is 64.4 Å². The zero-order valence-electron chi connectivity index (χ0n) is 20.8. The first-order chi connectivity index (χ1) is 16.6. The standard InChI is InChI=1S/C27H36O8/c1-15(17(3)28)6-5-7-18-13-35-23(27(32)25(18)30)10-16(2)22-12-19-11-20(34-14-24(29)33-4)8-9-21(19)26(22)31/h5-6,8-9,11,15,17-18,23,25,27-28,30,32H,7,10,12-14H2,1-4H3/b6-5+,22-16+/t15-,17+,18?,23+,25-,27+/m1/s1. The largest absolute Gasteiger partial charge is 0.482 e. The highest BCUT2D eigenvalue weighted by Gasteiger charge is 2.38. The monoisotopic (exact) mass is 488 g/mol. The molecule has 0 bridgehead atoms. The molecule has 1 fully saturated rings. The predicted octanol–water partition coefficient (Wildman–Crippen LogP) is 2.38. The van der Waals surface area contributed by atoms with Crippen LogP contribution in [-0.2, 0) is 20.7 Å². The Labute approximate surface area is 206 Å². The van der Waals surface area contributed by atoms with Gasteiger partial charge in [0, 0.05) is 23.5 Å². The zero-order valence-corrected chi connectivity index (χ0v) is 20.8. The summed E-state index contributed by atoms with van der Waals surface area (Å²) in [7, 11) is 1.29. The molecule has 1 aromatic rings. The molecule has 1 aliphatic carbocycles. The van der Waals surface area contributed by atoms with Gasteiger partial charge in [0.15, 0.2) is 12.4 Å². The summed E-state index contributed by atoms with van der Waals surface area (Å²) < 4.78 is 15.9. The highest BCUT2D eigenvalue weighted by atomic mass is 16.6. The lowest BCUT2D eigenvalue weighted by Gasteiger charge is -2.37. The minimum Gasteiger partial charge on any atom is -0.482 e. The predicted molar refractivity (Wildman–Crippen MR) is 129 cm³/mol. The van der Waals surface area contributed by atoms with Crippen LogP contribution in [0.1, 0.15) is 49.5 Å². The van der Waals surface area contributed by atoms with Crippen molar-refractivity contribution in [1.82, 2.24) is 0 Å². The van der Waals surface area contributed by atoms with Crippen molar-refractivity contribution in [2.24, 2.45) is 11.8 Å². The molecule has 1 unspecified atom stereocenters. The van der Waals surface area contributed by atoms with Gasteiger partial charge >= 0.3 is 5.97 Å². The van der Waals surface area contributed by atoms with E-state index in [2.05, 4.69) is 4.74 Å². The van der Waals surface area contributed by atoms with Gasteiger partial charge in [-0.2, -0.15) is 0 Å². The molecule has 8 heteroatoms. The highest BCUT2D eigenvalue weighted by Crippen LogP contribution is 2.34. The van der Waals surface area contributed by atoms with E-state index in [0.717, 1.165) is 11.1 Å². The van der Waals surface area contributed by atoms with Gasteiger partial charge in [0.2, 0.25) is 0 Å². The lowest BCUT2D eigenvalue weighted by molar-refractivity contribution is -0.162. The summed E-state index contributed by atoms with van der Waals surface area (Å²) in [5, 5.41) is 30.9. The number of aliphatic hydroxyl groups is 3. The Hall–Kier alpha value is -2.52. The van der Waals surface area contributed by atoms with Crippen LogP contribution < -0.4 is 4.74 Å². The quantitative estimate of drug-likeness (QED) is 0.275. The van der Waals surface area contributed by atoms with E-state index in [9.17, 15) is 24.9 Å². The second-order valence-electron chi connectivity index (χ2n) is 9.53. The molecule has 1 saturated heterocycles. The number of Topliss-reactive ketones (excluding diaryl/α,β-unsaturated/α-hetero) is 1. The van der Waals surface area contributed by atoms with E-state index in [-0.39, 0.29) is 24.2 Å². The Morgan fingerprint density at radius 2 is 2.00 bits per heavy atom. The molecule has 0 aromatic heterocycles. The number of ketones is 1. The second kappa shape index (κ2) is 11.9. The maximum atomic E-state index is 13.0. The third-order valence-electron chi connectivity index (χ3n) is 6.95. The van der Waals surface area contributed by atoms with Gasteiger partial charge in [-0.05, 0) is 56.4 Å². The van der Waals surface area contributed by atoms with E-state index in [4.69, 9.17) is 9.47 Å². The number of allylic oxidation sites excluding steroid dienone is 2. The summed E-state index contributed by atoms with van der Waals surface area (Å²) in [6.45, 7) is 5.58. The van der Waals surface area contributed by atoms with Crippen LogP contribution in [0.4, 0.5) is 0 Å². The topological polar surface area (TPSA) is 123 Å². The number of benzene rings is 1. The fourth-order valence-electron chi connectivity index (χ4n) is 4.39. The molecule has 0 spiro atoms. The molecule has 1 aromatic carbocycles. The average molecular weight is 489 g/mol. The minimum atomic E-state index is -1.07.